The van der Waals surface area contributed by atoms with E-state index < -0.39 is 0 Å². The summed E-state index contributed by atoms with van der Waals surface area (Å²) in [7, 11) is 0. The van der Waals surface area contributed by atoms with E-state index in [2.05, 4.69) is 42.7 Å². The van der Waals surface area contributed by atoms with E-state index in [1.807, 2.05) is 0 Å². The number of rotatable bonds is 7. The first-order valence-electron chi connectivity index (χ1n) is 7.96. The molecule has 0 bridgehead atoms. The Morgan fingerprint density at radius 2 is 2.09 bits per heavy atom. The number of aryl methyl sites for hydroxylation is 2. The van der Waals surface area contributed by atoms with Gasteiger partial charge in [-0.3, -0.25) is 0 Å². The second kappa shape index (κ2) is 9.08. The Hall–Kier alpha value is -1.17. The van der Waals surface area contributed by atoms with E-state index in [0.29, 0.717) is 17.8 Å². The van der Waals surface area contributed by atoms with Crippen LogP contribution in [0.1, 0.15) is 30.4 Å². The molecule has 0 spiro atoms. The molecule has 2 N–H and O–H groups in total. The Balaban J connectivity index is 1.55. The van der Waals surface area contributed by atoms with E-state index in [-0.39, 0.29) is 0 Å². The number of hydrogen-bond acceptors (Lipinski definition) is 3. The van der Waals surface area contributed by atoms with Crippen LogP contribution in [0.5, 0.6) is 0 Å². The van der Waals surface area contributed by atoms with Gasteiger partial charge in [-0.2, -0.15) is 0 Å². The summed E-state index contributed by atoms with van der Waals surface area (Å²) in [6.07, 6.45) is 3.53. The predicted octanol–water partition coefficient (Wildman–Crippen LogP) is 3.18. The normalized spacial score (nSPS) is 17.5. The molecule has 0 aromatic heterocycles. The van der Waals surface area contributed by atoms with Crippen LogP contribution in [0.4, 0.5) is 5.69 Å². The van der Waals surface area contributed by atoms with E-state index in [1.54, 1.807) is 0 Å². The number of anilines is 1. The van der Waals surface area contributed by atoms with Crippen LogP contribution in [0.15, 0.2) is 18.2 Å². The summed E-state index contributed by atoms with van der Waals surface area (Å²) in [5.41, 5.74) is 3.49. The summed E-state index contributed by atoms with van der Waals surface area (Å²) in [6.45, 7) is 7.31. The maximum Gasteiger partial charge on any atom is 0.170 e. The third kappa shape index (κ3) is 6.30. The number of nitrogens with one attached hydrogen (secondary N) is 2. The molecule has 122 valence electrons. The molecule has 0 unspecified atom stereocenters. The van der Waals surface area contributed by atoms with Gasteiger partial charge in [-0.25, -0.2) is 0 Å². The van der Waals surface area contributed by atoms with Gasteiger partial charge in [-0.1, -0.05) is 6.07 Å². The van der Waals surface area contributed by atoms with E-state index in [9.17, 15) is 0 Å². The molecule has 0 radical (unpaired) electrons. The topological polar surface area (TPSA) is 42.5 Å². The highest BCUT2D eigenvalue weighted by Crippen LogP contribution is 2.13. The summed E-state index contributed by atoms with van der Waals surface area (Å²) in [4.78, 5) is 0. The Morgan fingerprint density at radius 1 is 1.32 bits per heavy atom. The van der Waals surface area contributed by atoms with Crippen molar-refractivity contribution in [3.63, 3.8) is 0 Å². The van der Waals surface area contributed by atoms with Crippen molar-refractivity contribution in [1.29, 1.82) is 0 Å². The van der Waals surface area contributed by atoms with Crippen molar-refractivity contribution in [2.45, 2.75) is 39.2 Å². The van der Waals surface area contributed by atoms with Gasteiger partial charge in [0.2, 0.25) is 0 Å². The van der Waals surface area contributed by atoms with Crippen LogP contribution >= 0.6 is 12.2 Å². The first kappa shape index (κ1) is 17.2. The SMILES string of the molecule is Cc1cc(C)cc(NC(=S)NCCCOC[C@@H]2CCCO2)c1. The molecule has 0 aliphatic carbocycles. The molecule has 1 atom stereocenters. The fourth-order valence-corrected chi connectivity index (χ4v) is 2.81. The third-order valence-electron chi connectivity index (χ3n) is 3.56. The zero-order valence-corrected chi connectivity index (χ0v) is 14.3. The standard InChI is InChI=1S/C17H26N2O2S/c1-13-9-14(2)11-15(10-13)19-17(22)18-6-4-7-20-12-16-5-3-8-21-16/h9-11,16H,3-8,12H2,1-2H3,(H2,18,19,22)/t16-/m0/s1. The lowest BCUT2D eigenvalue weighted by Gasteiger charge is -2.13. The Morgan fingerprint density at radius 3 is 2.77 bits per heavy atom. The lowest BCUT2D eigenvalue weighted by molar-refractivity contribution is 0.0168. The van der Waals surface area contributed by atoms with E-state index in [0.717, 1.165) is 44.7 Å². The number of ether oxygens (including phenoxy) is 2. The van der Waals surface area contributed by atoms with Gasteiger partial charge in [0.25, 0.3) is 0 Å². The molecule has 2 rings (SSSR count). The Kier molecular flexibility index (Phi) is 7.09. The smallest absolute Gasteiger partial charge is 0.170 e. The van der Waals surface area contributed by atoms with Crippen molar-refractivity contribution < 1.29 is 9.47 Å². The molecule has 1 aliphatic heterocycles. The molecule has 1 saturated heterocycles. The second-order valence-corrected chi connectivity index (χ2v) is 6.23. The van der Waals surface area contributed by atoms with Gasteiger partial charge in [0, 0.05) is 25.4 Å². The van der Waals surface area contributed by atoms with Crippen molar-refractivity contribution in [2.24, 2.45) is 0 Å². The van der Waals surface area contributed by atoms with Gasteiger partial charge in [0.1, 0.15) is 0 Å². The van der Waals surface area contributed by atoms with Crippen LogP contribution in [-0.2, 0) is 9.47 Å². The maximum atomic E-state index is 5.62. The molecular formula is C17H26N2O2S. The average molecular weight is 322 g/mol. The second-order valence-electron chi connectivity index (χ2n) is 5.82. The summed E-state index contributed by atoms with van der Waals surface area (Å²) >= 11 is 5.30. The number of thiocarbonyl (C=S) groups is 1. The fraction of sp³-hybridized carbons (Fsp3) is 0.588. The summed E-state index contributed by atoms with van der Waals surface area (Å²) in [6, 6.07) is 6.32. The molecule has 1 fully saturated rings. The molecule has 1 aliphatic rings. The van der Waals surface area contributed by atoms with Crippen LogP contribution in [0.2, 0.25) is 0 Å². The van der Waals surface area contributed by atoms with Crippen LogP contribution < -0.4 is 10.6 Å². The van der Waals surface area contributed by atoms with Gasteiger partial charge in [-0.15, -0.1) is 0 Å². The molecule has 0 amide bonds. The lowest BCUT2D eigenvalue weighted by Crippen LogP contribution is -2.30. The lowest BCUT2D eigenvalue weighted by atomic mass is 10.1. The summed E-state index contributed by atoms with van der Waals surface area (Å²) in [5.74, 6) is 0. The van der Waals surface area contributed by atoms with Crippen molar-refractivity contribution in [2.75, 3.05) is 31.7 Å². The number of benzene rings is 1. The van der Waals surface area contributed by atoms with E-state index >= 15 is 0 Å². The zero-order valence-electron chi connectivity index (χ0n) is 13.5. The zero-order chi connectivity index (χ0) is 15.8. The van der Waals surface area contributed by atoms with Crippen LogP contribution in [0.25, 0.3) is 0 Å². The van der Waals surface area contributed by atoms with Crippen molar-refractivity contribution in [1.82, 2.24) is 5.32 Å². The predicted molar refractivity (Wildman–Crippen MR) is 94.5 cm³/mol. The Labute approximate surface area is 138 Å². The first-order valence-corrected chi connectivity index (χ1v) is 8.37. The van der Waals surface area contributed by atoms with Gasteiger partial charge >= 0.3 is 0 Å². The molecule has 0 saturated carbocycles. The van der Waals surface area contributed by atoms with E-state index in [4.69, 9.17) is 21.7 Å². The fourth-order valence-electron chi connectivity index (χ4n) is 2.59. The third-order valence-corrected chi connectivity index (χ3v) is 3.80. The summed E-state index contributed by atoms with van der Waals surface area (Å²) < 4.78 is 11.1. The molecule has 1 aromatic carbocycles. The van der Waals surface area contributed by atoms with Crippen molar-refractivity contribution in [3.8, 4) is 0 Å². The van der Waals surface area contributed by atoms with Crippen LogP contribution in [0.3, 0.4) is 0 Å². The molecule has 5 heteroatoms. The van der Waals surface area contributed by atoms with Gasteiger partial charge in [0.05, 0.1) is 12.7 Å². The Bertz CT molecular complexity index is 467. The molecule has 1 aromatic rings. The van der Waals surface area contributed by atoms with Gasteiger partial charge in [0.15, 0.2) is 5.11 Å². The van der Waals surface area contributed by atoms with Crippen molar-refractivity contribution >= 4 is 23.0 Å². The highest BCUT2D eigenvalue weighted by Gasteiger charge is 2.14. The maximum absolute atomic E-state index is 5.62. The largest absolute Gasteiger partial charge is 0.379 e. The quantitative estimate of drug-likeness (QED) is 0.596. The highest BCUT2D eigenvalue weighted by atomic mass is 32.1. The monoisotopic (exact) mass is 322 g/mol. The molecule has 22 heavy (non-hydrogen) atoms. The van der Waals surface area contributed by atoms with Gasteiger partial charge in [-0.05, 0) is 68.6 Å². The summed E-state index contributed by atoms with van der Waals surface area (Å²) in [5, 5.41) is 7.08. The number of hydrogen-bond donors (Lipinski definition) is 2. The van der Waals surface area contributed by atoms with Crippen LogP contribution in [0, 0.1) is 13.8 Å². The van der Waals surface area contributed by atoms with Crippen LogP contribution in [-0.4, -0.2) is 37.6 Å². The van der Waals surface area contributed by atoms with Gasteiger partial charge < -0.3 is 20.1 Å². The average Bonchev–Trinajstić information content (AvgIpc) is 2.94. The molecular weight excluding hydrogens is 296 g/mol. The minimum Gasteiger partial charge on any atom is -0.379 e. The molecule has 4 nitrogen and oxygen atoms in total. The van der Waals surface area contributed by atoms with E-state index in [1.165, 1.54) is 11.1 Å². The minimum atomic E-state index is 0.306. The molecule has 1 heterocycles. The highest BCUT2D eigenvalue weighted by molar-refractivity contribution is 7.80. The van der Waals surface area contributed by atoms with Crippen molar-refractivity contribution in [3.05, 3.63) is 29.3 Å². The minimum absolute atomic E-state index is 0.306. The first-order chi connectivity index (χ1) is 10.6.